The average molecular weight is 896 g/mol. The fraction of sp³-hybridized carbons (Fsp3) is 0.651. The van der Waals surface area contributed by atoms with Gasteiger partial charge in [0.1, 0.15) is 0 Å². The van der Waals surface area contributed by atoms with Crippen LogP contribution in [0.15, 0.2) is 112 Å². The molecule has 0 amide bonds. The summed E-state index contributed by atoms with van der Waals surface area (Å²) in [5.41, 5.74) is 28.9. The molecule has 0 aliphatic heterocycles. The van der Waals surface area contributed by atoms with Crippen LogP contribution in [0, 0.1) is 27.6 Å². The van der Waals surface area contributed by atoms with Crippen LogP contribution in [0.5, 0.6) is 0 Å². The highest BCUT2D eigenvalue weighted by Crippen LogP contribution is 2.43. The van der Waals surface area contributed by atoms with Crippen molar-refractivity contribution >= 4 is 0 Å². The van der Waals surface area contributed by atoms with E-state index in [1.165, 1.54) is 68.3 Å². The molecular formula is C63H110N2. The van der Waals surface area contributed by atoms with Crippen LogP contribution >= 0.6 is 0 Å². The van der Waals surface area contributed by atoms with E-state index in [1.807, 2.05) is 27.7 Å². The van der Waals surface area contributed by atoms with Gasteiger partial charge in [-0.25, -0.2) is 0 Å². The molecule has 0 aromatic heterocycles. The van der Waals surface area contributed by atoms with Crippen molar-refractivity contribution < 1.29 is 0 Å². The maximum absolute atomic E-state index is 7.16. The van der Waals surface area contributed by atoms with Crippen LogP contribution in [0.2, 0.25) is 0 Å². The molecule has 1 aromatic rings. The van der Waals surface area contributed by atoms with E-state index in [-0.39, 0.29) is 32.5 Å². The van der Waals surface area contributed by atoms with Crippen LogP contribution in [0.25, 0.3) is 0 Å². The van der Waals surface area contributed by atoms with Gasteiger partial charge in [0.05, 0.1) is 0 Å². The molecule has 0 bridgehead atoms. The van der Waals surface area contributed by atoms with Crippen LogP contribution < -0.4 is 11.5 Å². The molecule has 4 N–H and O–H groups in total. The first-order valence-electron chi connectivity index (χ1n) is 25.8. The molecule has 2 heteroatoms. The Labute approximate surface area is 407 Å². The normalized spacial score (nSPS) is 15.8. The van der Waals surface area contributed by atoms with E-state index in [1.54, 1.807) is 0 Å². The third-order valence-corrected chi connectivity index (χ3v) is 13.3. The topological polar surface area (TPSA) is 52.0 Å². The maximum atomic E-state index is 7.16. The number of benzene rings is 1. The average Bonchev–Trinajstić information content (AvgIpc) is 3.39. The molecule has 0 saturated heterocycles. The zero-order valence-electron chi connectivity index (χ0n) is 48.3. The fourth-order valence-electron chi connectivity index (χ4n) is 8.13. The van der Waals surface area contributed by atoms with Gasteiger partial charge < -0.3 is 11.5 Å². The second-order valence-electron chi connectivity index (χ2n) is 23.8. The first-order chi connectivity index (χ1) is 29.8. The number of hydrogen-bond acceptors (Lipinski definition) is 2. The van der Waals surface area contributed by atoms with E-state index < -0.39 is 0 Å². The summed E-state index contributed by atoms with van der Waals surface area (Å²) in [5, 5.41) is 0. The van der Waals surface area contributed by atoms with Crippen LogP contribution in [0.4, 0.5) is 0 Å². The molecule has 0 radical (unpaired) electrons. The number of nitrogens with two attached hydrogens (primary N) is 2. The molecule has 0 fully saturated rings. The predicted molar refractivity (Wildman–Crippen MR) is 300 cm³/mol. The van der Waals surface area contributed by atoms with Crippen LogP contribution in [-0.4, -0.2) is 7.05 Å². The van der Waals surface area contributed by atoms with Gasteiger partial charge >= 0.3 is 0 Å². The smallest absolute Gasteiger partial charge is 0.0352 e. The van der Waals surface area contributed by atoms with Gasteiger partial charge in [0.15, 0.2) is 0 Å². The lowest BCUT2D eigenvalue weighted by molar-refractivity contribution is 0.338. The van der Waals surface area contributed by atoms with Gasteiger partial charge in [0.2, 0.25) is 0 Å². The third-order valence-electron chi connectivity index (χ3n) is 13.3. The number of aryl methyl sites for hydroxylation is 1. The molecule has 0 saturated carbocycles. The van der Waals surface area contributed by atoms with E-state index in [9.17, 15) is 0 Å². The second kappa shape index (κ2) is 27.6. The lowest BCUT2D eigenvalue weighted by Crippen LogP contribution is -2.23. The van der Waals surface area contributed by atoms with Gasteiger partial charge in [-0.1, -0.05) is 231 Å². The molecule has 1 aliphatic carbocycles. The van der Waals surface area contributed by atoms with E-state index in [0.717, 1.165) is 57.1 Å². The van der Waals surface area contributed by atoms with Crippen LogP contribution in [-0.2, 0) is 17.3 Å². The summed E-state index contributed by atoms with van der Waals surface area (Å²) in [5.74, 6) is 0.339. The standard InChI is InChI=1S/C58H93N.2C2H6.CH5N/c1-23-44(28-26-27-29-46(54(9,10)11)38-45(24-2)53(6,7)8)41(5)49(36-43-32-33-50(57(18,19)20)52(59)51(37-43)58(21,22)25-3)40(4)30-31-42-34-47(55(12,13)14)39-48(35-42)56(15,16)17;3*1-2/h24,26-27,32,34-35,37-39,45H,2,23,25,28-31,33,36,59H2,1,3-22H3;2*1-2H3;2H2,1H3/b27-26+,44-41+,46-38+,49-40-;;;. The van der Waals surface area contributed by atoms with Crippen molar-refractivity contribution in [3.8, 4) is 0 Å². The van der Waals surface area contributed by atoms with Crippen LogP contribution in [0.3, 0.4) is 0 Å². The zero-order chi connectivity index (χ0) is 51.5. The Balaban J connectivity index is 0. The summed E-state index contributed by atoms with van der Waals surface area (Å²) in [6.07, 6.45) is 22.3. The first-order valence-corrected chi connectivity index (χ1v) is 25.8. The van der Waals surface area contributed by atoms with Gasteiger partial charge in [0, 0.05) is 5.70 Å². The van der Waals surface area contributed by atoms with Crippen molar-refractivity contribution in [1.82, 2.24) is 0 Å². The van der Waals surface area contributed by atoms with Gasteiger partial charge in [-0.05, 0) is 155 Å². The number of rotatable bonds is 15. The maximum Gasteiger partial charge on any atom is 0.0352 e. The fourth-order valence-corrected chi connectivity index (χ4v) is 8.13. The van der Waals surface area contributed by atoms with Crippen LogP contribution in [0.1, 0.15) is 235 Å². The van der Waals surface area contributed by atoms with Crippen molar-refractivity contribution in [2.45, 2.75) is 235 Å². The summed E-state index contributed by atoms with van der Waals surface area (Å²) in [6.45, 7) is 61.4. The highest BCUT2D eigenvalue weighted by molar-refractivity contribution is 5.50. The Hall–Kier alpha value is -3.10. The second-order valence-corrected chi connectivity index (χ2v) is 23.8. The Kier molecular flexibility index (Phi) is 27.2. The molecule has 372 valence electrons. The molecule has 1 aromatic carbocycles. The van der Waals surface area contributed by atoms with E-state index in [0.29, 0.717) is 5.92 Å². The van der Waals surface area contributed by atoms with Gasteiger partial charge in [-0.3, -0.25) is 0 Å². The quantitative estimate of drug-likeness (QED) is 0.136. The minimum absolute atomic E-state index is 0.0000506. The van der Waals surface area contributed by atoms with Crippen molar-refractivity contribution in [1.29, 1.82) is 0 Å². The molecule has 1 aliphatic rings. The van der Waals surface area contributed by atoms with E-state index >= 15 is 0 Å². The first kappa shape index (κ1) is 64.0. The van der Waals surface area contributed by atoms with Crippen molar-refractivity contribution in [2.24, 2.45) is 39.0 Å². The Morgan fingerprint density at radius 1 is 0.723 bits per heavy atom. The van der Waals surface area contributed by atoms with Gasteiger partial charge in [-0.2, -0.15) is 0 Å². The lowest BCUT2D eigenvalue weighted by Gasteiger charge is -2.31. The Bertz CT molecular complexity index is 1800. The van der Waals surface area contributed by atoms with Gasteiger partial charge in [0.25, 0.3) is 0 Å². The molecule has 2 rings (SSSR count). The van der Waals surface area contributed by atoms with Crippen molar-refractivity contribution in [2.75, 3.05) is 7.05 Å². The molecule has 1 atom stereocenters. The minimum Gasteiger partial charge on any atom is -0.398 e. The van der Waals surface area contributed by atoms with Crippen molar-refractivity contribution in [3.63, 3.8) is 0 Å². The Morgan fingerprint density at radius 2 is 1.22 bits per heavy atom. The Morgan fingerprint density at radius 3 is 1.62 bits per heavy atom. The third kappa shape index (κ3) is 20.8. The summed E-state index contributed by atoms with van der Waals surface area (Å²) in [7, 11) is 1.50. The lowest BCUT2D eigenvalue weighted by atomic mass is 9.75. The summed E-state index contributed by atoms with van der Waals surface area (Å²) in [6, 6.07) is 7.40. The molecule has 2 nitrogen and oxygen atoms in total. The number of hydrogen-bond donors (Lipinski definition) is 2. The largest absolute Gasteiger partial charge is 0.398 e. The highest BCUT2D eigenvalue weighted by Gasteiger charge is 2.31. The number of allylic oxidation sites excluding steroid dienone is 14. The SMILES string of the molecule is C=CC(/C=C(\C/C=C/C/C(CC)=C(C)/C(CC1=CCC(C(C)(C)C)=C(N)C(C(C)(C)CC)=C1)=C(/C)CCc1cc(C(C)(C)C)cc(C(C)(C)C)c1)C(C)(C)C)C(C)(C)C.CC.CC.CN. The predicted octanol–water partition coefficient (Wildman–Crippen LogP) is 19.4. The molecule has 65 heavy (non-hydrogen) atoms. The van der Waals surface area contributed by atoms with Gasteiger partial charge in [-0.15, -0.1) is 6.58 Å². The zero-order valence-corrected chi connectivity index (χ0v) is 48.3. The molecule has 0 spiro atoms. The van der Waals surface area contributed by atoms with E-state index in [2.05, 4.69) is 212 Å². The molecule has 1 unspecified atom stereocenters. The summed E-state index contributed by atoms with van der Waals surface area (Å²) >= 11 is 0. The minimum atomic E-state index is -0.0189. The highest BCUT2D eigenvalue weighted by atomic mass is 14.6. The van der Waals surface area contributed by atoms with Crippen molar-refractivity contribution in [3.05, 3.63) is 128 Å². The monoisotopic (exact) mass is 895 g/mol. The molecule has 0 heterocycles. The molecular weight excluding hydrogens is 785 g/mol. The van der Waals surface area contributed by atoms with E-state index in [4.69, 9.17) is 5.73 Å². The summed E-state index contributed by atoms with van der Waals surface area (Å²) < 4.78 is 0. The summed E-state index contributed by atoms with van der Waals surface area (Å²) in [4.78, 5) is 0.